The summed E-state index contributed by atoms with van der Waals surface area (Å²) in [5, 5.41) is 9.01. The number of nitrogens with zero attached hydrogens (tertiary/aromatic N) is 1. The Hall–Kier alpha value is -3.52. The minimum atomic E-state index is -1.47. The molecule has 1 aliphatic rings. The second kappa shape index (κ2) is 6.90. The van der Waals surface area contributed by atoms with Crippen LogP contribution in [0.5, 0.6) is 5.75 Å². The summed E-state index contributed by atoms with van der Waals surface area (Å²) in [7, 11) is 0. The average molecular weight is 385 g/mol. The summed E-state index contributed by atoms with van der Waals surface area (Å²) in [5.41, 5.74) is -0.282. The molecule has 0 fully saturated rings. The molecule has 2 heterocycles. The fourth-order valence-electron chi connectivity index (χ4n) is 3.02. The molecule has 8 heteroatoms. The summed E-state index contributed by atoms with van der Waals surface area (Å²) >= 11 is 0. The van der Waals surface area contributed by atoms with Crippen LogP contribution in [0.15, 0.2) is 53.7 Å². The van der Waals surface area contributed by atoms with Gasteiger partial charge >= 0.3 is 5.97 Å². The zero-order valence-corrected chi connectivity index (χ0v) is 14.3. The Morgan fingerprint density at radius 1 is 1.18 bits per heavy atom. The first kappa shape index (κ1) is 17.9. The monoisotopic (exact) mass is 385 g/mol. The van der Waals surface area contributed by atoms with Crippen molar-refractivity contribution in [3.63, 3.8) is 0 Å². The minimum Gasteiger partial charge on any atom is -0.477 e. The number of rotatable bonds is 5. The molecule has 0 spiro atoms. The highest BCUT2D eigenvalue weighted by Crippen LogP contribution is 2.34. The van der Waals surface area contributed by atoms with Gasteiger partial charge in [0.2, 0.25) is 11.2 Å². The van der Waals surface area contributed by atoms with E-state index >= 15 is 0 Å². The lowest BCUT2D eigenvalue weighted by atomic mass is 10.1. The predicted octanol–water partition coefficient (Wildman–Crippen LogP) is 3.39. The van der Waals surface area contributed by atoms with Gasteiger partial charge in [0.25, 0.3) is 0 Å². The van der Waals surface area contributed by atoms with Gasteiger partial charge in [-0.3, -0.25) is 4.79 Å². The number of aromatic nitrogens is 1. The molecule has 4 rings (SSSR count). The number of halogens is 2. The van der Waals surface area contributed by atoms with Crippen LogP contribution in [0.3, 0.4) is 0 Å². The predicted molar refractivity (Wildman–Crippen MR) is 96.1 cm³/mol. The first-order valence-corrected chi connectivity index (χ1v) is 8.25. The molecule has 0 aliphatic carbocycles. The summed E-state index contributed by atoms with van der Waals surface area (Å²) in [6, 6.07) is 10.0. The number of carbonyl (C=O) groups is 1. The zero-order valence-electron chi connectivity index (χ0n) is 14.3. The van der Waals surface area contributed by atoms with E-state index in [1.54, 1.807) is 0 Å². The maximum atomic E-state index is 14.1. The van der Waals surface area contributed by atoms with Gasteiger partial charge in [0.05, 0.1) is 24.3 Å². The molecule has 0 atom stereocenters. The first-order chi connectivity index (χ1) is 13.5. The van der Waals surface area contributed by atoms with Crippen LogP contribution in [0, 0.1) is 11.6 Å². The number of benzene rings is 2. The third-order valence-electron chi connectivity index (χ3n) is 4.35. The average Bonchev–Trinajstić information content (AvgIpc) is 2.69. The van der Waals surface area contributed by atoms with E-state index in [2.05, 4.69) is 0 Å². The zero-order chi connectivity index (χ0) is 19.8. The number of aromatic carboxylic acids is 1. The largest absolute Gasteiger partial charge is 0.477 e. The van der Waals surface area contributed by atoms with E-state index in [0.717, 1.165) is 18.0 Å². The van der Waals surface area contributed by atoms with E-state index in [1.807, 2.05) is 30.3 Å². The maximum absolute atomic E-state index is 14.1. The van der Waals surface area contributed by atoms with Crippen molar-refractivity contribution in [2.75, 3.05) is 6.61 Å². The Bertz CT molecular complexity index is 1180. The van der Waals surface area contributed by atoms with Crippen LogP contribution in [0.4, 0.5) is 8.78 Å². The third-order valence-corrected chi connectivity index (χ3v) is 4.35. The molecule has 0 unspecified atom stereocenters. The number of carboxylic acid groups (broad SMARTS) is 1. The van der Waals surface area contributed by atoms with Crippen LogP contribution in [0.25, 0.3) is 16.6 Å². The van der Waals surface area contributed by atoms with Gasteiger partial charge in [0, 0.05) is 6.20 Å². The Morgan fingerprint density at radius 3 is 2.64 bits per heavy atom. The van der Waals surface area contributed by atoms with Gasteiger partial charge in [0.15, 0.2) is 11.6 Å². The molecule has 1 N–H and O–H groups in total. The van der Waals surface area contributed by atoms with Crippen LogP contribution in [-0.2, 0) is 11.3 Å². The number of hydrogen-bond donors (Lipinski definition) is 1. The lowest BCUT2D eigenvalue weighted by Crippen LogP contribution is -2.22. The Labute approximate surface area is 156 Å². The summed E-state index contributed by atoms with van der Waals surface area (Å²) in [6.45, 7) is 0.266. The maximum Gasteiger partial charge on any atom is 0.341 e. The van der Waals surface area contributed by atoms with E-state index in [1.165, 1.54) is 4.57 Å². The molecule has 0 amide bonds. The molecule has 2 aromatic carbocycles. The molecular weight excluding hydrogens is 372 g/mol. The topological polar surface area (TPSA) is 77.8 Å². The van der Waals surface area contributed by atoms with E-state index in [9.17, 15) is 23.5 Å². The Morgan fingerprint density at radius 2 is 1.93 bits per heavy atom. The lowest BCUT2D eigenvalue weighted by Gasteiger charge is -2.22. The molecule has 1 aliphatic heterocycles. The molecule has 3 aromatic rings. The Balaban J connectivity index is 1.77. The van der Waals surface area contributed by atoms with Gasteiger partial charge < -0.3 is 19.1 Å². The van der Waals surface area contributed by atoms with E-state index < -0.39 is 34.3 Å². The van der Waals surface area contributed by atoms with Crippen molar-refractivity contribution in [2.24, 2.45) is 0 Å². The molecule has 0 radical (unpaired) electrons. The smallest absolute Gasteiger partial charge is 0.341 e. The minimum absolute atomic E-state index is 0.00956. The first-order valence-electron chi connectivity index (χ1n) is 8.25. The van der Waals surface area contributed by atoms with Crippen molar-refractivity contribution in [1.29, 1.82) is 0 Å². The number of hydrogen-bond acceptors (Lipinski definition) is 4. The van der Waals surface area contributed by atoms with E-state index in [4.69, 9.17) is 9.47 Å². The lowest BCUT2D eigenvalue weighted by molar-refractivity contribution is 0.0695. The van der Waals surface area contributed by atoms with Gasteiger partial charge in [-0.1, -0.05) is 30.3 Å². The van der Waals surface area contributed by atoms with E-state index in [0.29, 0.717) is 11.8 Å². The van der Waals surface area contributed by atoms with Crippen LogP contribution in [0.2, 0.25) is 0 Å². The molecular formula is C20H13F2NO5. The highest BCUT2D eigenvalue weighted by Gasteiger charge is 2.26. The highest BCUT2D eigenvalue weighted by atomic mass is 19.2. The number of carboxylic acids is 1. The van der Waals surface area contributed by atoms with Crippen molar-refractivity contribution in [3.8, 4) is 5.75 Å². The number of ether oxygens (including phenoxy) is 2. The second-order valence-corrected chi connectivity index (χ2v) is 6.15. The van der Waals surface area contributed by atoms with Crippen LogP contribution in [-0.4, -0.2) is 22.2 Å². The summed E-state index contributed by atoms with van der Waals surface area (Å²) in [4.78, 5) is 23.8. The van der Waals surface area contributed by atoms with Gasteiger partial charge in [0.1, 0.15) is 17.3 Å². The van der Waals surface area contributed by atoms with Crippen molar-refractivity contribution >= 4 is 22.6 Å². The summed E-state index contributed by atoms with van der Waals surface area (Å²) in [6.07, 6.45) is 2.21. The third kappa shape index (κ3) is 2.93. The van der Waals surface area contributed by atoms with Gasteiger partial charge in [-0.15, -0.1) is 0 Å². The van der Waals surface area contributed by atoms with Crippen LogP contribution in [0.1, 0.15) is 15.9 Å². The Kier molecular flexibility index (Phi) is 4.40. The number of pyridine rings is 1. The van der Waals surface area contributed by atoms with Crippen LogP contribution < -0.4 is 10.2 Å². The van der Waals surface area contributed by atoms with Gasteiger partial charge in [-0.25, -0.2) is 9.18 Å². The fourth-order valence-corrected chi connectivity index (χ4v) is 3.02. The van der Waals surface area contributed by atoms with Crippen molar-refractivity contribution in [2.45, 2.75) is 6.61 Å². The normalized spacial score (nSPS) is 12.6. The van der Waals surface area contributed by atoms with Crippen molar-refractivity contribution in [1.82, 2.24) is 4.57 Å². The second-order valence-electron chi connectivity index (χ2n) is 6.15. The standard InChI is InChI=1S/C20H13F2NO5/c21-15-6-13-17-19(16(15)22)28-10-12(9-27-8-11-4-2-1-3-5-11)23(17)7-14(18(13)24)20(25)26/h1-7,10H,8-9H2,(H,25,26). The molecule has 0 saturated heterocycles. The molecule has 0 saturated carbocycles. The quantitative estimate of drug-likeness (QED) is 0.729. The van der Waals surface area contributed by atoms with E-state index in [-0.39, 0.29) is 24.1 Å². The molecule has 28 heavy (non-hydrogen) atoms. The SMILES string of the molecule is O=C(O)c1cn2c3c(c(F)c(F)cc3c1=O)OC=C2COCc1ccccc1. The van der Waals surface area contributed by atoms with Gasteiger partial charge in [-0.05, 0) is 11.6 Å². The van der Waals surface area contributed by atoms with Crippen molar-refractivity contribution in [3.05, 3.63) is 81.8 Å². The molecule has 142 valence electrons. The fraction of sp³-hybridized carbons (Fsp3) is 0.100. The molecule has 6 nitrogen and oxygen atoms in total. The van der Waals surface area contributed by atoms with Crippen molar-refractivity contribution < 1.29 is 28.2 Å². The summed E-state index contributed by atoms with van der Waals surface area (Å²) in [5.74, 6) is -4.51. The highest BCUT2D eigenvalue weighted by molar-refractivity contribution is 5.96. The van der Waals surface area contributed by atoms with Gasteiger partial charge in [-0.2, -0.15) is 4.39 Å². The molecule has 1 aromatic heterocycles. The molecule has 0 bridgehead atoms. The van der Waals surface area contributed by atoms with Crippen LogP contribution >= 0.6 is 0 Å². The summed E-state index contributed by atoms with van der Waals surface area (Å²) < 4.78 is 40.1.